The molecule has 3 aromatic rings. The van der Waals surface area contributed by atoms with Crippen LogP contribution in [0.15, 0.2) is 53.0 Å². The number of amides is 1. The minimum absolute atomic E-state index is 0.317. The van der Waals surface area contributed by atoms with Crippen LogP contribution < -0.4 is 4.90 Å². The van der Waals surface area contributed by atoms with E-state index < -0.39 is 6.09 Å². The number of para-hydroxylation sites is 1. The van der Waals surface area contributed by atoms with Crippen LogP contribution in [0.3, 0.4) is 0 Å². The van der Waals surface area contributed by atoms with Crippen molar-refractivity contribution in [3.05, 3.63) is 53.0 Å². The number of rotatable bonds is 4. The van der Waals surface area contributed by atoms with Gasteiger partial charge in [0.25, 0.3) is 0 Å². The van der Waals surface area contributed by atoms with E-state index in [4.69, 9.17) is 4.74 Å². The smallest absolute Gasteiger partial charge is 0.415 e. The van der Waals surface area contributed by atoms with Gasteiger partial charge >= 0.3 is 6.09 Å². The van der Waals surface area contributed by atoms with Crippen LogP contribution >= 0.6 is 15.9 Å². The fraction of sp³-hybridized carbons (Fsp3) is 0.211. The third kappa shape index (κ3) is 3.64. The molecule has 0 radical (unpaired) electrons. The summed E-state index contributed by atoms with van der Waals surface area (Å²) in [4.78, 5) is 23.2. The molecule has 0 unspecified atom stereocenters. The van der Waals surface area contributed by atoms with E-state index in [0.717, 1.165) is 20.9 Å². The molecule has 25 heavy (non-hydrogen) atoms. The lowest BCUT2D eigenvalue weighted by molar-refractivity contribution is 0.160. The lowest BCUT2D eigenvalue weighted by Crippen LogP contribution is -2.32. The van der Waals surface area contributed by atoms with E-state index in [1.807, 2.05) is 55.5 Å². The van der Waals surface area contributed by atoms with Crippen molar-refractivity contribution in [2.24, 2.45) is 0 Å². The van der Waals surface area contributed by atoms with Gasteiger partial charge in [0.1, 0.15) is 5.82 Å². The largest absolute Gasteiger partial charge is 0.449 e. The van der Waals surface area contributed by atoms with Crippen LogP contribution in [0.5, 0.6) is 0 Å². The standard InChI is InChI=1S/C19H18BrN3O2/c1-3-23(19(24)25-4-2)18-15-7-5-6-8-16(15)21-17(22-18)13-9-11-14(20)12-10-13/h5-12H,3-4H2,1-2H3. The van der Waals surface area contributed by atoms with Crippen molar-refractivity contribution in [2.45, 2.75) is 13.8 Å². The van der Waals surface area contributed by atoms with Gasteiger partial charge in [0, 0.05) is 22.0 Å². The van der Waals surface area contributed by atoms with E-state index in [2.05, 4.69) is 25.9 Å². The van der Waals surface area contributed by atoms with E-state index in [0.29, 0.717) is 24.8 Å². The van der Waals surface area contributed by atoms with Gasteiger partial charge in [0.15, 0.2) is 5.82 Å². The summed E-state index contributed by atoms with van der Waals surface area (Å²) >= 11 is 3.43. The number of fused-ring (bicyclic) bond motifs is 1. The summed E-state index contributed by atoms with van der Waals surface area (Å²) in [6.07, 6.45) is -0.407. The predicted octanol–water partition coefficient (Wildman–Crippen LogP) is 5.04. The molecule has 1 aromatic heterocycles. The minimum atomic E-state index is -0.407. The lowest BCUT2D eigenvalue weighted by Gasteiger charge is -2.21. The van der Waals surface area contributed by atoms with Crippen LogP contribution in [0.4, 0.5) is 10.6 Å². The number of anilines is 1. The second-order valence-electron chi connectivity index (χ2n) is 5.34. The average Bonchev–Trinajstić information content (AvgIpc) is 2.63. The molecule has 1 amide bonds. The number of carbonyl (C=O) groups is 1. The van der Waals surface area contributed by atoms with E-state index >= 15 is 0 Å². The van der Waals surface area contributed by atoms with Gasteiger partial charge in [-0.05, 0) is 38.1 Å². The normalized spacial score (nSPS) is 10.7. The minimum Gasteiger partial charge on any atom is -0.449 e. The molecule has 0 fully saturated rings. The molecule has 5 nitrogen and oxygen atoms in total. The predicted molar refractivity (Wildman–Crippen MR) is 103 cm³/mol. The second kappa shape index (κ2) is 7.61. The molecule has 2 aromatic carbocycles. The van der Waals surface area contributed by atoms with Gasteiger partial charge in [-0.25, -0.2) is 14.8 Å². The van der Waals surface area contributed by atoms with Crippen LogP contribution in [-0.4, -0.2) is 29.2 Å². The van der Waals surface area contributed by atoms with Gasteiger partial charge in [-0.2, -0.15) is 0 Å². The average molecular weight is 400 g/mol. The van der Waals surface area contributed by atoms with Gasteiger partial charge in [0.05, 0.1) is 12.1 Å². The molecule has 0 saturated heterocycles. The van der Waals surface area contributed by atoms with E-state index in [1.165, 1.54) is 4.90 Å². The Bertz CT molecular complexity index is 897. The van der Waals surface area contributed by atoms with Crippen molar-refractivity contribution in [1.29, 1.82) is 0 Å². The first-order valence-electron chi connectivity index (χ1n) is 8.11. The number of hydrogen-bond donors (Lipinski definition) is 0. The van der Waals surface area contributed by atoms with Gasteiger partial charge in [-0.1, -0.05) is 40.2 Å². The Kier molecular flexibility index (Phi) is 5.28. The molecule has 0 saturated carbocycles. The summed E-state index contributed by atoms with van der Waals surface area (Å²) in [5.74, 6) is 1.13. The SMILES string of the molecule is CCOC(=O)N(CC)c1nc(-c2ccc(Br)cc2)nc2ccccc12. The number of ether oxygens (including phenoxy) is 1. The van der Waals surface area contributed by atoms with Gasteiger partial charge in [-0.3, -0.25) is 4.90 Å². The number of aromatic nitrogens is 2. The zero-order chi connectivity index (χ0) is 17.8. The molecule has 0 N–H and O–H groups in total. The maximum absolute atomic E-state index is 12.3. The first-order valence-corrected chi connectivity index (χ1v) is 8.90. The van der Waals surface area contributed by atoms with Crippen LogP contribution in [0.1, 0.15) is 13.8 Å². The Labute approximate surface area is 154 Å². The fourth-order valence-electron chi connectivity index (χ4n) is 2.56. The number of nitrogens with zero attached hydrogens (tertiary/aromatic N) is 3. The third-order valence-electron chi connectivity index (χ3n) is 3.75. The van der Waals surface area contributed by atoms with Crippen molar-refractivity contribution in [3.63, 3.8) is 0 Å². The van der Waals surface area contributed by atoms with E-state index in [9.17, 15) is 4.79 Å². The number of carbonyl (C=O) groups excluding carboxylic acids is 1. The molecule has 0 aliphatic carbocycles. The Balaban J connectivity index is 2.18. The van der Waals surface area contributed by atoms with Gasteiger partial charge < -0.3 is 4.74 Å². The Morgan fingerprint density at radius 2 is 1.80 bits per heavy atom. The highest BCUT2D eigenvalue weighted by atomic mass is 79.9. The molecule has 0 bridgehead atoms. The lowest BCUT2D eigenvalue weighted by atomic mass is 10.1. The molecule has 6 heteroatoms. The number of benzene rings is 2. The molecular formula is C19H18BrN3O2. The van der Waals surface area contributed by atoms with Crippen molar-refractivity contribution in [1.82, 2.24) is 9.97 Å². The maximum atomic E-state index is 12.3. The van der Waals surface area contributed by atoms with E-state index in [-0.39, 0.29) is 0 Å². The molecule has 0 atom stereocenters. The molecule has 128 valence electrons. The Morgan fingerprint density at radius 3 is 2.48 bits per heavy atom. The molecule has 0 spiro atoms. The molecule has 3 rings (SSSR count). The van der Waals surface area contributed by atoms with Crippen molar-refractivity contribution in [2.75, 3.05) is 18.1 Å². The van der Waals surface area contributed by atoms with Crippen molar-refractivity contribution < 1.29 is 9.53 Å². The molecule has 1 heterocycles. The van der Waals surface area contributed by atoms with Crippen LogP contribution in [0, 0.1) is 0 Å². The van der Waals surface area contributed by atoms with Crippen LogP contribution in [-0.2, 0) is 4.74 Å². The number of hydrogen-bond acceptors (Lipinski definition) is 4. The summed E-state index contributed by atoms with van der Waals surface area (Å²) in [5.41, 5.74) is 1.67. The zero-order valence-electron chi connectivity index (χ0n) is 14.1. The van der Waals surface area contributed by atoms with Crippen molar-refractivity contribution >= 4 is 38.7 Å². The van der Waals surface area contributed by atoms with Crippen molar-refractivity contribution in [3.8, 4) is 11.4 Å². The van der Waals surface area contributed by atoms with E-state index in [1.54, 1.807) is 6.92 Å². The zero-order valence-corrected chi connectivity index (χ0v) is 15.7. The summed E-state index contributed by atoms with van der Waals surface area (Å²) in [7, 11) is 0. The van der Waals surface area contributed by atoms with Gasteiger partial charge in [-0.15, -0.1) is 0 Å². The fourth-order valence-corrected chi connectivity index (χ4v) is 2.82. The van der Waals surface area contributed by atoms with Crippen LogP contribution in [0.2, 0.25) is 0 Å². The van der Waals surface area contributed by atoms with Crippen LogP contribution in [0.25, 0.3) is 22.3 Å². The maximum Gasteiger partial charge on any atom is 0.415 e. The highest BCUT2D eigenvalue weighted by molar-refractivity contribution is 9.10. The Hall–Kier alpha value is -2.47. The topological polar surface area (TPSA) is 55.3 Å². The first-order chi connectivity index (χ1) is 12.1. The summed E-state index contributed by atoms with van der Waals surface area (Å²) < 4.78 is 6.17. The summed E-state index contributed by atoms with van der Waals surface area (Å²) in [6.45, 7) is 4.46. The third-order valence-corrected chi connectivity index (χ3v) is 4.27. The second-order valence-corrected chi connectivity index (χ2v) is 6.25. The monoisotopic (exact) mass is 399 g/mol. The summed E-state index contributed by atoms with van der Waals surface area (Å²) in [6, 6.07) is 15.4. The number of halogens is 1. The highest BCUT2D eigenvalue weighted by Crippen LogP contribution is 2.28. The highest BCUT2D eigenvalue weighted by Gasteiger charge is 2.20. The van der Waals surface area contributed by atoms with Gasteiger partial charge in [0.2, 0.25) is 0 Å². The molecule has 0 aliphatic heterocycles. The first kappa shape index (κ1) is 17.4. The quantitative estimate of drug-likeness (QED) is 0.616. The summed E-state index contributed by atoms with van der Waals surface area (Å²) in [5, 5.41) is 0.818. The molecular weight excluding hydrogens is 382 g/mol. The molecule has 0 aliphatic rings. The Morgan fingerprint density at radius 1 is 1.08 bits per heavy atom.